The highest BCUT2D eigenvalue weighted by Crippen LogP contribution is 2.49. The van der Waals surface area contributed by atoms with E-state index in [0.717, 1.165) is 0 Å². The van der Waals surface area contributed by atoms with Crippen LogP contribution in [0, 0.1) is 0 Å². The molecular weight excluding hydrogens is 440 g/mol. The summed E-state index contributed by atoms with van der Waals surface area (Å²) in [5, 5.41) is 59.7. The zero-order valence-electron chi connectivity index (χ0n) is 17.5. The van der Waals surface area contributed by atoms with E-state index < -0.39 is 54.9 Å². The molecule has 0 radical (unpaired) electrons. The maximum atomic E-state index is 12.8. The van der Waals surface area contributed by atoms with Gasteiger partial charge in [-0.15, -0.1) is 0 Å². The Labute approximate surface area is 188 Å². The van der Waals surface area contributed by atoms with Gasteiger partial charge >= 0.3 is 0 Å². The summed E-state index contributed by atoms with van der Waals surface area (Å²) in [7, 11) is 1.23. The van der Waals surface area contributed by atoms with Crippen LogP contribution in [-0.4, -0.2) is 80.8 Å². The molecule has 0 amide bonds. The summed E-state index contributed by atoms with van der Waals surface area (Å²) < 4.78 is 22.1. The Kier molecular flexibility index (Phi) is 6.32. The minimum atomic E-state index is -1.70. The number of hydrogen-bond acceptors (Lipinski definition) is 11. The first kappa shape index (κ1) is 23.1. The summed E-state index contributed by atoms with van der Waals surface area (Å²) in [4.78, 5) is 12.8. The Morgan fingerprint density at radius 3 is 2.39 bits per heavy atom. The molecular formula is C22H24O11. The van der Waals surface area contributed by atoms with Gasteiger partial charge in [-0.25, -0.2) is 0 Å². The Balaban J connectivity index is 1.68. The smallest absolute Gasteiger partial charge is 0.229 e. The number of phenolic OH excluding ortho intramolecular Hbond substituents is 2. The Morgan fingerprint density at radius 1 is 1.06 bits per heavy atom. The van der Waals surface area contributed by atoms with E-state index in [0.29, 0.717) is 5.56 Å². The first-order chi connectivity index (χ1) is 15.7. The number of hydrogen-bond donors (Lipinski definition) is 6. The second-order valence-electron chi connectivity index (χ2n) is 7.77. The molecule has 2 heterocycles. The first-order valence-corrected chi connectivity index (χ1v) is 10.1. The van der Waals surface area contributed by atoms with E-state index in [1.807, 2.05) is 0 Å². The highest BCUT2D eigenvalue weighted by molar-refractivity contribution is 6.03. The van der Waals surface area contributed by atoms with Gasteiger partial charge in [0, 0.05) is 6.07 Å². The molecule has 0 unspecified atom stereocenters. The van der Waals surface area contributed by atoms with Crippen molar-refractivity contribution < 1.29 is 54.4 Å². The summed E-state index contributed by atoms with van der Waals surface area (Å²) in [6.45, 7) is -0.650. The second-order valence-corrected chi connectivity index (χ2v) is 7.77. The zero-order chi connectivity index (χ0) is 23.9. The van der Waals surface area contributed by atoms with Crippen molar-refractivity contribution in [3.63, 3.8) is 0 Å². The van der Waals surface area contributed by atoms with Crippen molar-refractivity contribution >= 4 is 5.78 Å². The second kappa shape index (κ2) is 9.04. The van der Waals surface area contributed by atoms with Crippen LogP contribution in [0.3, 0.4) is 0 Å². The number of aromatic hydroxyl groups is 2. The minimum absolute atomic E-state index is 0.0118. The maximum Gasteiger partial charge on any atom is 0.229 e. The maximum absolute atomic E-state index is 12.8. The molecule has 1 saturated heterocycles. The lowest BCUT2D eigenvalue weighted by atomic mass is 9.95. The molecule has 0 aromatic heterocycles. The van der Waals surface area contributed by atoms with Crippen LogP contribution in [0.25, 0.3) is 0 Å². The standard InChI is InChI=1S/C22H24O11/c1-30-21-14(32-22-20(29)19(28)17(26)15(8-23)33-22)7-13-16(18(21)27)11(25)6-12(31-13)9-2-4-10(24)5-3-9/h2-5,7,12,15,17,19-20,22-24,26-29H,6,8H2,1H3/t12-,15+,17+,19-,20+,22+/m0/s1. The van der Waals surface area contributed by atoms with E-state index in [-0.39, 0.29) is 35.0 Å². The Bertz CT molecular complexity index is 1020. The summed E-state index contributed by atoms with van der Waals surface area (Å²) in [6, 6.07) is 7.40. The molecule has 11 heteroatoms. The van der Waals surface area contributed by atoms with E-state index in [1.54, 1.807) is 12.1 Å². The van der Waals surface area contributed by atoms with Crippen LogP contribution in [0.2, 0.25) is 0 Å². The highest BCUT2D eigenvalue weighted by Gasteiger charge is 2.45. The van der Waals surface area contributed by atoms with Gasteiger partial charge in [-0.2, -0.15) is 0 Å². The normalized spacial score (nSPS) is 29.2. The lowest BCUT2D eigenvalue weighted by Gasteiger charge is -2.39. The minimum Gasteiger partial charge on any atom is -0.508 e. The number of rotatable bonds is 5. The van der Waals surface area contributed by atoms with Crippen LogP contribution in [0.5, 0.6) is 28.7 Å². The Morgan fingerprint density at radius 2 is 1.76 bits per heavy atom. The molecule has 178 valence electrons. The number of fused-ring (bicyclic) bond motifs is 1. The Hall–Kier alpha value is -3.09. The molecule has 2 aromatic rings. The van der Waals surface area contributed by atoms with E-state index >= 15 is 0 Å². The molecule has 6 atom stereocenters. The van der Waals surface area contributed by atoms with Crippen molar-refractivity contribution in [3.05, 3.63) is 41.5 Å². The number of aliphatic hydroxyl groups excluding tert-OH is 4. The number of phenols is 2. The van der Waals surface area contributed by atoms with E-state index in [2.05, 4.69) is 0 Å². The van der Waals surface area contributed by atoms with Crippen molar-refractivity contribution in [1.29, 1.82) is 0 Å². The number of ether oxygens (including phenoxy) is 4. The van der Waals surface area contributed by atoms with Gasteiger partial charge in [0.1, 0.15) is 47.6 Å². The van der Waals surface area contributed by atoms with Crippen LogP contribution in [0.15, 0.2) is 30.3 Å². The van der Waals surface area contributed by atoms with Crippen LogP contribution >= 0.6 is 0 Å². The molecule has 0 bridgehead atoms. The number of carbonyl (C=O) groups excluding carboxylic acids is 1. The van der Waals surface area contributed by atoms with Gasteiger partial charge in [-0.3, -0.25) is 4.79 Å². The van der Waals surface area contributed by atoms with Gasteiger partial charge in [0.25, 0.3) is 0 Å². The van der Waals surface area contributed by atoms with Crippen molar-refractivity contribution in [2.45, 2.75) is 43.2 Å². The molecule has 0 aliphatic carbocycles. The number of ketones is 1. The monoisotopic (exact) mass is 464 g/mol. The summed E-state index contributed by atoms with van der Waals surface area (Å²) in [5.41, 5.74) is 0.515. The zero-order valence-corrected chi connectivity index (χ0v) is 17.5. The fourth-order valence-corrected chi connectivity index (χ4v) is 3.88. The summed E-state index contributed by atoms with van der Waals surface area (Å²) in [6.07, 6.45) is -8.45. The number of carbonyl (C=O) groups is 1. The van der Waals surface area contributed by atoms with E-state index in [1.165, 1.54) is 25.3 Å². The van der Waals surface area contributed by atoms with Crippen molar-refractivity contribution in [3.8, 4) is 28.7 Å². The first-order valence-electron chi connectivity index (χ1n) is 10.1. The fraction of sp³-hybridized carbons (Fsp3) is 0.409. The lowest BCUT2D eigenvalue weighted by molar-refractivity contribution is -0.277. The number of aliphatic hydroxyl groups is 4. The van der Waals surface area contributed by atoms with Crippen molar-refractivity contribution in [1.82, 2.24) is 0 Å². The molecule has 2 aliphatic heterocycles. The molecule has 6 N–H and O–H groups in total. The van der Waals surface area contributed by atoms with E-state index in [9.17, 15) is 35.4 Å². The average molecular weight is 464 g/mol. The highest BCUT2D eigenvalue weighted by atomic mass is 16.7. The molecule has 4 rings (SSSR count). The molecule has 2 aliphatic rings. The molecule has 2 aromatic carbocycles. The van der Waals surface area contributed by atoms with Crippen molar-refractivity contribution in [2.75, 3.05) is 13.7 Å². The predicted molar refractivity (Wildman–Crippen MR) is 109 cm³/mol. The molecule has 0 saturated carbocycles. The molecule has 11 nitrogen and oxygen atoms in total. The van der Waals surface area contributed by atoms with Gasteiger partial charge in [0.15, 0.2) is 17.3 Å². The van der Waals surface area contributed by atoms with Gasteiger partial charge < -0.3 is 49.6 Å². The third kappa shape index (κ3) is 4.16. The van der Waals surface area contributed by atoms with Crippen LogP contribution < -0.4 is 14.2 Å². The largest absolute Gasteiger partial charge is 0.508 e. The summed E-state index contributed by atoms with van der Waals surface area (Å²) in [5.74, 6) is -1.31. The predicted octanol–water partition coefficient (Wildman–Crippen LogP) is -0.00840. The average Bonchev–Trinajstić information content (AvgIpc) is 2.79. The quantitative estimate of drug-likeness (QED) is 0.351. The van der Waals surface area contributed by atoms with Gasteiger partial charge in [-0.05, 0) is 17.7 Å². The molecule has 1 fully saturated rings. The third-order valence-electron chi connectivity index (χ3n) is 5.66. The van der Waals surface area contributed by atoms with E-state index in [4.69, 9.17) is 18.9 Å². The fourth-order valence-electron chi connectivity index (χ4n) is 3.88. The van der Waals surface area contributed by atoms with Crippen LogP contribution in [0.4, 0.5) is 0 Å². The third-order valence-corrected chi connectivity index (χ3v) is 5.66. The van der Waals surface area contributed by atoms with Gasteiger partial charge in [0.2, 0.25) is 12.0 Å². The molecule has 0 spiro atoms. The molecule has 33 heavy (non-hydrogen) atoms. The SMILES string of the molecule is COc1c(O[C@@H]2O[C@H](CO)[C@@H](O)[C@H](O)[C@H]2O)cc2c(c1O)C(=O)C[C@@H](c1ccc(O)cc1)O2. The van der Waals surface area contributed by atoms with Gasteiger partial charge in [-0.1, -0.05) is 12.1 Å². The van der Waals surface area contributed by atoms with Gasteiger partial charge in [0.05, 0.1) is 20.1 Å². The summed E-state index contributed by atoms with van der Waals surface area (Å²) >= 11 is 0. The lowest BCUT2D eigenvalue weighted by Crippen LogP contribution is -2.60. The number of methoxy groups -OCH3 is 1. The topological polar surface area (TPSA) is 175 Å². The number of Topliss-reactive ketones (excluding diaryl/α,β-unsaturated/α-hetero) is 1. The van der Waals surface area contributed by atoms with Crippen LogP contribution in [0.1, 0.15) is 28.4 Å². The van der Waals surface area contributed by atoms with Crippen molar-refractivity contribution in [2.24, 2.45) is 0 Å². The van der Waals surface area contributed by atoms with Crippen LogP contribution in [-0.2, 0) is 4.74 Å². The number of benzene rings is 2.